The van der Waals surface area contributed by atoms with Gasteiger partial charge < -0.3 is 10.1 Å². The molecule has 0 atom stereocenters. The third kappa shape index (κ3) is 2.95. The lowest BCUT2D eigenvalue weighted by molar-refractivity contribution is -0.0843. The molecule has 0 bridgehead atoms. The van der Waals surface area contributed by atoms with Crippen molar-refractivity contribution in [2.24, 2.45) is 5.41 Å². The van der Waals surface area contributed by atoms with Crippen LogP contribution in [0.4, 0.5) is 10.5 Å². The number of aromatic nitrogens is 1. The number of ether oxygens (including phenoxy) is 1. The van der Waals surface area contributed by atoms with E-state index >= 15 is 0 Å². The summed E-state index contributed by atoms with van der Waals surface area (Å²) in [5.74, 6) is 0.759. The van der Waals surface area contributed by atoms with Crippen LogP contribution in [0.1, 0.15) is 36.8 Å². The van der Waals surface area contributed by atoms with Crippen LogP contribution < -0.4 is 15.0 Å². The minimum atomic E-state index is 0.0519. The first kappa shape index (κ1) is 16.6. The number of para-hydroxylation sites is 1. The first-order valence-electron chi connectivity index (χ1n) is 9.86. The van der Waals surface area contributed by atoms with Crippen LogP contribution in [0, 0.1) is 12.3 Å². The highest BCUT2D eigenvalue weighted by atomic mass is 16.5. The van der Waals surface area contributed by atoms with E-state index in [1.54, 1.807) is 6.20 Å². The molecule has 2 amide bonds. The minimum Gasteiger partial charge on any atom is -0.474 e. The van der Waals surface area contributed by atoms with E-state index in [9.17, 15) is 4.79 Å². The highest BCUT2D eigenvalue weighted by Gasteiger charge is 2.54. The largest absolute Gasteiger partial charge is 0.474 e. The predicted octanol–water partition coefficient (Wildman–Crippen LogP) is 3.85. The molecule has 27 heavy (non-hydrogen) atoms. The Labute approximate surface area is 159 Å². The molecule has 2 aliphatic carbocycles. The number of hydrogen-bond acceptors (Lipinski definition) is 3. The van der Waals surface area contributed by atoms with Crippen molar-refractivity contribution in [2.75, 3.05) is 11.4 Å². The van der Waals surface area contributed by atoms with E-state index in [1.807, 2.05) is 42.2 Å². The molecule has 0 saturated heterocycles. The molecule has 2 heterocycles. The summed E-state index contributed by atoms with van der Waals surface area (Å²) in [5, 5.41) is 3.23. The number of hydrogen-bond donors (Lipinski definition) is 1. The summed E-state index contributed by atoms with van der Waals surface area (Å²) in [5.41, 5.74) is 3.78. The van der Waals surface area contributed by atoms with Crippen LogP contribution in [0.25, 0.3) is 0 Å². The topological polar surface area (TPSA) is 54.5 Å². The lowest BCUT2D eigenvalue weighted by Crippen LogP contribution is -2.60. The Bertz CT molecular complexity index is 867. The lowest BCUT2D eigenvalue weighted by Gasteiger charge is -2.57. The molecular weight excluding hydrogens is 338 g/mol. The number of carbonyl (C=O) groups excluding carboxylic acids is 1. The smallest absolute Gasteiger partial charge is 0.322 e. The molecule has 1 aromatic heterocycles. The summed E-state index contributed by atoms with van der Waals surface area (Å²) in [7, 11) is 0. The second-order valence-electron chi connectivity index (χ2n) is 8.36. The highest BCUT2D eigenvalue weighted by Crippen LogP contribution is 2.56. The van der Waals surface area contributed by atoms with E-state index in [4.69, 9.17) is 4.74 Å². The van der Waals surface area contributed by atoms with Crippen molar-refractivity contribution in [3.8, 4) is 5.88 Å². The van der Waals surface area contributed by atoms with Gasteiger partial charge in [0.25, 0.3) is 0 Å². The van der Waals surface area contributed by atoms with Crippen LogP contribution in [-0.4, -0.2) is 29.7 Å². The fraction of sp³-hybridized carbons (Fsp3) is 0.455. The van der Waals surface area contributed by atoms with Gasteiger partial charge in [0.15, 0.2) is 0 Å². The molecule has 1 N–H and O–H groups in total. The maximum absolute atomic E-state index is 12.7. The zero-order valence-electron chi connectivity index (χ0n) is 15.6. The summed E-state index contributed by atoms with van der Waals surface area (Å²) in [4.78, 5) is 18.9. The molecule has 0 radical (unpaired) electrons. The van der Waals surface area contributed by atoms with Crippen molar-refractivity contribution in [2.45, 2.75) is 51.2 Å². The fourth-order valence-corrected chi connectivity index (χ4v) is 4.96. The van der Waals surface area contributed by atoms with Gasteiger partial charge in [-0.3, -0.25) is 4.90 Å². The zero-order valence-corrected chi connectivity index (χ0v) is 15.6. The summed E-state index contributed by atoms with van der Waals surface area (Å²) in [6.45, 7) is 2.81. The Morgan fingerprint density at radius 1 is 1.19 bits per heavy atom. The van der Waals surface area contributed by atoms with E-state index in [2.05, 4.69) is 16.4 Å². The van der Waals surface area contributed by atoms with Gasteiger partial charge in [-0.2, -0.15) is 0 Å². The fourth-order valence-electron chi connectivity index (χ4n) is 4.96. The number of amides is 2. The number of fused-ring (bicyclic) bond motifs is 1. The quantitative estimate of drug-likeness (QED) is 0.901. The molecule has 2 saturated carbocycles. The molecule has 2 aromatic rings. The zero-order chi connectivity index (χ0) is 18.4. The van der Waals surface area contributed by atoms with Crippen LogP contribution in [0.15, 0.2) is 42.6 Å². The predicted molar refractivity (Wildman–Crippen MR) is 104 cm³/mol. The number of carbonyl (C=O) groups is 1. The van der Waals surface area contributed by atoms with Gasteiger partial charge in [0.2, 0.25) is 5.88 Å². The van der Waals surface area contributed by atoms with Crippen LogP contribution in [0.3, 0.4) is 0 Å². The van der Waals surface area contributed by atoms with Gasteiger partial charge in [-0.25, -0.2) is 9.78 Å². The third-order valence-corrected chi connectivity index (χ3v) is 6.38. The number of pyridine rings is 1. The molecule has 3 aliphatic rings. The van der Waals surface area contributed by atoms with Crippen molar-refractivity contribution >= 4 is 11.7 Å². The summed E-state index contributed by atoms with van der Waals surface area (Å²) in [6, 6.07) is 12.5. The number of urea groups is 1. The molecule has 5 heteroatoms. The number of anilines is 1. The average Bonchev–Trinajstić information content (AvgIpc) is 3.04. The lowest BCUT2D eigenvalue weighted by atomic mass is 9.53. The Morgan fingerprint density at radius 3 is 2.81 bits per heavy atom. The standard InChI is InChI=1S/C22H25N3O2/c1-15-5-4-9-23-20(15)27-18-13-22(14-18)11-17(12-22)24-21(26)25-10-8-16-6-2-3-7-19(16)25/h2-7,9,17-18H,8,10-14H2,1H3,(H,24,26). The molecule has 5 rings (SSSR count). The van der Waals surface area contributed by atoms with Crippen molar-refractivity contribution in [1.82, 2.24) is 10.3 Å². The van der Waals surface area contributed by atoms with Crippen LogP contribution in [0.5, 0.6) is 5.88 Å². The van der Waals surface area contributed by atoms with Gasteiger partial charge in [-0.1, -0.05) is 24.3 Å². The van der Waals surface area contributed by atoms with Crippen LogP contribution in [0.2, 0.25) is 0 Å². The van der Waals surface area contributed by atoms with Gasteiger partial charge in [-0.15, -0.1) is 0 Å². The number of nitrogens with zero attached hydrogens (tertiary/aromatic N) is 2. The molecule has 2 fully saturated rings. The monoisotopic (exact) mass is 363 g/mol. The van der Waals surface area contributed by atoms with E-state index in [0.29, 0.717) is 11.5 Å². The van der Waals surface area contributed by atoms with Gasteiger partial charge >= 0.3 is 6.03 Å². The van der Waals surface area contributed by atoms with E-state index in [-0.39, 0.29) is 12.1 Å². The molecule has 140 valence electrons. The summed E-state index contributed by atoms with van der Waals surface area (Å²) in [6.07, 6.45) is 7.27. The Morgan fingerprint density at radius 2 is 2.00 bits per heavy atom. The SMILES string of the molecule is Cc1cccnc1OC1CC2(CC(NC(=O)N3CCc4ccccc43)C2)C1. The molecule has 0 unspecified atom stereocenters. The van der Waals surface area contributed by atoms with Gasteiger partial charge in [-0.05, 0) is 62.1 Å². The van der Waals surface area contributed by atoms with E-state index < -0.39 is 0 Å². The Balaban J connectivity index is 1.11. The second-order valence-corrected chi connectivity index (χ2v) is 8.36. The maximum atomic E-state index is 12.7. The molecule has 1 spiro atoms. The third-order valence-electron chi connectivity index (χ3n) is 6.38. The average molecular weight is 363 g/mol. The van der Waals surface area contributed by atoms with E-state index in [1.165, 1.54) is 5.56 Å². The van der Waals surface area contributed by atoms with Crippen molar-refractivity contribution in [1.29, 1.82) is 0 Å². The number of rotatable bonds is 3. The summed E-state index contributed by atoms with van der Waals surface area (Å²) >= 11 is 0. The molecule has 1 aliphatic heterocycles. The molecule has 5 nitrogen and oxygen atoms in total. The first-order chi connectivity index (χ1) is 13.1. The van der Waals surface area contributed by atoms with Crippen molar-refractivity contribution in [3.63, 3.8) is 0 Å². The van der Waals surface area contributed by atoms with Crippen molar-refractivity contribution in [3.05, 3.63) is 53.7 Å². The Hall–Kier alpha value is -2.56. The summed E-state index contributed by atoms with van der Waals surface area (Å²) < 4.78 is 6.04. The van der Waals surface area contributed by atoms with Gasteiger partial charge in [0.1, 0.15) is 6.10 Å². The van der Waals surface area contributed by atoms with Gasteiger partial charge in [0.05, 0.1) is 0 Å². The Kier molecular flexibility index (Phi) is 3.85. The molecule has 1 aromatic carbocycles. The maximum Gasteiger partial charge on any atom is 0.322 e. The molecular formula is C22H25N3O2. The number of nitrogens with one attached hydrogen (secondary N) is 1. The van der Waals surface area contributed by atoms with E-state index in [0.717, 1.165) is 55.8 Å². The highest BCUT2D eigenvalue weighted by molar-refractivity contribution is 5.94. The van der Waals surface area contributed by atoms with Crippen LogP contribution >= 0.6 is 0 Å². The van der Waals surface area contributed by atoms with Crippen LogP contribution in [-0.2, 0) is 6.42 Å². The normalized spacial score (nSPS) is 28.3. The second kappa shape index (κ2) is 6.25. The van der Waals surface area contributed by atoms with Crippen molar-refractivity contribution < 1.29 is 9.53 Å². The number of benzene rings is 1. The first-order valence-corrected chi connectivity index (χ1v) is 9.86. The number of aryl methyl sites for hydroxylation is 1. The minimum absolute atomic E-state index is 0.0519. The van der Waals surface area contributed by atoms with Gasteiger partial charge in [0, 0.05) is 30.0 Å².